The molecule has 18 heavy (non-hydrogen) atoms. The fourth-order valence-corrected chi connectivity index (χ4v) is 2.01. The van der Waals surface area contributed by atoms with Crippen molar-refractivity contribution < 1.29 is 0 Å². The average Bonchev–Trinajstić information content (AvgIpc) is 2.77. The maximum Gasteiger partial charge on any atom is 0.0597 e. The zero-order valence-corrected chi connectivity index (χ0v) is 11.2. The molecule has 4 nitrogen and oxygen atoms in total. The van der Waals surface area contributed by atoms with Gasteiger partial charge in [0.2, 0.25) is 0 Å². The Morgan fingerprint density at radius 3 is 2.89 bits per heavy atom. The van der Waals surface area contributed by atoms with Gasteiger partial charge in [0.25, 0.3) is 0 Å². The molecule has 1 atom stereocenters. The van der Waals surface area contributed by atoms with E-state index in [1.807, 2.05) is 36.0 Å². The van der Waals surface area contributed by atoms with Gasteiger partial charge in [0, 0.05) is 25.3 Å². The fourth-order valence-electron chi connectivity index (χ4n) is 2.01. The van der Waals surface area contributed by atoms with Crippen LogP contribution in [-0.2, 0) is 13.1 Å². The Bertz CT molecular complexity index is 490. The Hall–Kier alpha value is -1.68. The van der Waals surface area contributed by atoms with E-state index < -0.39 is 0 Å². The molecule has 0 aromatic carbocycles. The number of hydrogen-bond donors (Lipinski definition) is 1. The Morgan fingerprint density at radius 1 is 1.39 bits per heavy atom. The van der Waals surface area contributed by atoms with Gasteiger partial charge >= 0.3 is 0 Å². The van der Waals surface area contributed by atoms with Crippen molar-refractivity contribution in [2.45, 2.75) is 39.9 Å². The van der Waals surface area contributed by atoms with E-state index in [2.05, 4.69) is 35.3 Å². The van der Waals surface area contributed by atoms with E-state index in [4.69, 9.17) is 0 Å². The summed E-state index contributed by atoms with van der Waals surface area (Å²) in [6.07, 6.45) is 1.83. The molecule has 0 unspecified atom stereocenters. The maximum absolute atomic E-state index is 4.44. The third kappa shape index (κ3) is 2.96. The van der Waals surface area contributed by atoms with Crippen LogP contribution in [0.1, 0.15) is 37.0 Å². The number of rotatable bonds is 5. The van der Waals surface area contributed by atoms with Crippen molar-refractivity contribution >= 4 is 0 Å². The molecule has 1 N–H and O–H groups in total. The summed E-state index contributed by atoms with van der Waals surface area (Å²) < 4.78 is 2.04. The molecule has 0 spiro atoms. The van der Waals surface area contributed by atoms with E-state index >= 15 is 0 Å². The van der Waals surface area contributed by atoms with Crippen LogP contribution in [0, 0.1) is 6.92 Å². The van der Waals surface area contributed by atoms with E-state index in [1.54, 1.807) is 0 Å². The molecule has 4 heteroatoms. The normalized spacial score (nSPS) is 12.6. The van der Waals surface area contributed by atoms with Gasteiger partial charge in [0.15, 0.2) is 0 Å². The minimum Gasteiger partial charge on any atom is -0.303 e. The van der Waals surface area contributed by atoms with Crippen LogP contribution in [0.4, 0.5) is 0 Å². The predicted molar refractivity (Wildman–Crippen MR) is 72.1 cm³/mol. The summed E-state index contributed by atoms with van der Waals surface area (Å²) in [7, 11) is 0. The maximum atomic E-state index is 4.44. The van der Waals surface area contributed by atoms with Crippen LogP contribution in [0.5, 0.6) is 0 Å². The van der Waals surface area contributed by atoms with Crippen molar-refractivity contribution in [3.05, 3.63) is 47.5 Å². The highest BCUT2D eigenvalue weighted by molar-refractivity contribution is 5.11. The molecule has 0 aliphatic heterocycles. The highest BCUT2D eigenvalue weighted by Gasteiger charge is 2.08. The van der Waals surface area contributed by atoms with E-state index in [1.165, 1.54) is 5.69 Å². The van der Waals surface area contributed by atoms with Gasteiger partial charge in [-0.2, -0.15) is 5.10 Å². The zero-order valence-electron chi connectivity index (χ0n) is 11.2. The fraction of sp³-hybridized carbons (Fsp3) is 0.429. The highest BCUT2D eigenvalue weighted by Crippen LogP contribution is 2.10. The van der Waals surface area contributed by atoms with Crippen molar-refractivity contribution in [2.75, 3.05) is 0 Å². The summed E-state index contributed by atoms with van der Waals surface area (Å²) in [4.78, 5) is 4.35. The molecule has 0 aliphatic carbocycles. The quantitative estimate of drug-likeness (QED) is 0.878. The van der Waals surface area contributed by atoms with Crippen LogP contribution >= 0.6 is 0 Å². The van der Waals surface area contributed by atoms with Crippen LogP contribution in [0.25, 0.3) is 0 Å². The third-order valence-corrected chi connectivity index (χ3v) is 3.01. The lowest BCUT2D eigenvalue weighted by molar-refractivity contribution is 0.523. The summed E-state index contributed by atoms with van der Waals surface area (Å²) in [5.41, 5.74) is 3.36. The lowest BCUT2D eigenvalue weighted by Crippen LogP contribution is -2.21. The van der Waals surface area contributed by atoms with Crippen molar-refractivity contribution in [1.29, 1.82) is 0 Å². The second-order valence-corrected chi connectivity index (χ2v) is 4.45. The number of nitrogens with one attached hydrogen (secondary N) is 1. The highest BCUT2D eigenvalue weighted by atomic mass is 15.3. The number of aryl methyl sites for hydroxylation is 2. The predicted octanol–water partition coefficient (Wildman–Crippen LogP) is 2.46. The van der Waals surface area contributed by atoms with Gasteiger partial charge in [0.05, 0.1) is 17.1 Å². The molecule has 2 aromatic heterocycles. The molecule has 0 amide bonds. The van der Waals surface area contributed by atoms with Crippen molar-refractivity contribution in [3.63, 3.8) is 0 Å². The van der Waals surface area contributed by atoms with E-state index in [0.717, 1.165) is 24.5 Å². The largest absolute Gasteiger partial charge is 0.303 e. The lowest BCUT2D eigenvalue weighted by atomic mass is 10.2. The van der Waals surface area contributed by atoms with Crippen LogP contribution in [0.3, 0.4) is 0 Å². The van der Waals surface area contributed by atoms with E-state index in [-0.39, 0.29) is 6.04 Å². The molecule has 2 rings (SSSR count). The second kappa shape index (κ2) is 5.78. The van der Waals surface area contributed by atoms with Gasteiger partial charge < -0.3 is 5.32 Å². The van der Waals surface area contributed by atoms with Crippen molar-refractivity contribution in [1.82, 2.24) is 20.1 Å². The Kier molecular flexibility index (Phi) is 4.10. The molecule has 0 saturated heterocycles. The van der Waals surface area contributed by atoms with Crippen LogP contribution in [-0.4, -0.2) is 14.8 Å². The number of nitrogens with zero attached hydrogens (tertiary/aromatic N) is 3. The van der Waals surface area contributed by atoms with Gasteiger partial charge in [-0.05, 0) is 39.0 Å². The SMILES string of the molecule is CCn1nc(C)cc1CN[C@@H](C)c1ccccn1. The zero-order chi connectivity index (χ0) is 13.0. The summed E-state index contributed by atoms with van der Waals surface area (Å²) in [5, 5.41) is 7.92. The van der Waals surface area contributed by atoms with Gasteiger partial charge in [-0.1, -0.05) is 6.07 Å². The summed E-state index contributed by atoms with van der Waals surface area (Å²) in [6, 6.07) is 8.36. The molecule has 0 saturated carbocycles. The third-order valence-electron chi connectivity index (χ3n) is 3.01. The first-order chi connectivity index (χ1) is 8.70. The molecule has 2 aromatic rings. The van der Waals surface area contributed by atoms with Crippen LogP contribution in [0.15, 0.2) is 30.5 Å². The molecular weight excluding hydrogens is 224 g/mol. The molecular formula is C14H20N4. The minimum absolute atomic E-state index is 0.242. The number of pyridine rings is 1. The summed E-state index contributed by atoms with van der Waals surface area (Å²) >= 11 is 0. The smallest absolute Gasteiger partial charge is 0.0597 e. The first-order valence-corrected chi connectivity index (χ1v) is 6.38. The molecule has 0 fully saturated rings. The van der Waals surface area contributed by atoms with Gasteiger partial charge in [-0.25, -0.2) is 0 Å². The summed E-state index contributed by atoms with van der Waals surface area (Å²) in [6.45, 7) is 7.98. The Balaban J connectivity index is 1.99. The van der Waals surface area contributed by atoms with Gasteiger partial charge in [-0.3, -0.25) is 9.67 Å². The standard InChI is InChI=1S/C14H20N4/c1-4-18-13(9-11(2)17-18)10-16-12(3)14-7-5-6-8-15-14/h5-9,12,16H,4,10H2,1-3H3/t12-/m0/s1. The van der Waals surface area contributed by atoms with Crippen LogP contribution in [0.2, 0.25) is 0 Å². The molecule has 0 radical (unpaired) electrons. The molecule has 96 valence electrons. The Morgan fingerprint density at radius 2 is 2.22 bits per heavy atom. The molecule has 0 bridgehead atoms. The second-order valence-electron chi connectivity index (χ2n) is 4.45. The number of hydrogen-bond acceptors (Lipinski definition) is 3. The van der Waals surface area contributed by atoms with Crippen molar-refractivity contribution in [3.8, 4) is 0 Å². The lowest BCUT2D eigenvalue weighted by Gasteiger charge is -2.13. The van der Waals surface area contributed by atoms with E-state index in [0.29, 0.717) is 0 Å². The topological polar surface area (TPSA) is 42.7 Å². The van der Waals surface area contributed by atoms with Crippen molar-refractivity contribution in [2.24, 2.45) is 0 Å². The average molecular weight is 244 g/mol. The van der Waals surface area contributed by atoms with Gasteiger partial charge in [-0.15, -0.1) is 0 Å². The molecule has 2 heterocycles. The first-order valence-electron chi connectivity index (χ1n) is 6.38. The Labute approximate surface area is 108 Å². The van der Waals surface area contributed by atoms with Crippen LogP contribution < -0.4 is 5.32 Å². The van der Waals surface area contributed by atoms with Gasteiger partial charge in [0.1, 0.15) is 0 Å². The van der Waals surface area contributed by atoms with E-state index in [9.17, 15) is 0 Å². The molecule has 0 aliphatic rings. The first kappa shape index (κ1) is 12.8. The number of aromatic nitrogens is 3. The minimum atomic E-state index is 0.242. The summed E-state index contributed by atoms with van der Waals surface area (Å²) in [5.74, 6) is 0. The monoisotopic (exact) mass is 244 g/mol.